The molecule has 0 aliphatic carbocycles. The highest BCUT2D eigenvalue weighted by atomic mass is 35.5. The van der Waals surface area contributed by atoms with Crippen molar-refractivity contribution in [2.24, 2.45) is 0 Å². The average molecular weight is 497 g/mol. The average Bonchev–Trinajstić information content (AvgIpc) is 2.74. The minimum absolute atomic E-state index is 0.0113. The number of carbonyl (C=O) groups excluding carboxylic acids is 2. The maximum Gasteiger partial charge on any atom is 0.339 e. The number of para-hydroxylation sites is 1. The number of methoxy groups -OCH3 is 1. The highest BCUT2D eigenvalue weighted by molar-refractivity contribution is 7.92. The molecule has 3 aromatic rings. The van der Waals surface area contributed by atoms with E-state index in [1.807, 2.05) is 0 Å². The van der Waals surface area contributed by atoms with Crippen LogP contribution < -0.4 is 10.0 Å². The van der Waals surface area contributed by atoms with Gasteiger partial charge in [-0.2, -0.15) is 0 Å². The highest BCUT2D eigenvalue weighted by Gasteiger charge is 2.21. The SMILES string of the molecule is COC(=O)c1ccccc1NS(=O)(=O)c1ccc(NC(=O)c2ccc(Cl)cc2Cl)c(F)c1. The predicted molar refractivity (Wildman–Crippen MR) is 119 cm³/mol. The molecule has 2 N–H and O–H groups in total. The van der Waals surface area contributed by atoms with E-state index in [2.05, 4.69) is 14.8 Å². The van der Waals surface area contributed by atoms with Crippen molar-refractivity contribution >= 4 is 56.5 Å². The van der Waals surface area contributed by atoms with Gasteiger partial charge in [-0.05, 0) is 48.5 Å². The maximum atomic E-state index is 14.6. The van der Waals surface area contributed by atoms with Crippen LogP contribution in [0.3, 0.4) is 0 Å². The largest absolute Gasteiger partial charge is 0.465 e. The Morgan fingerprint density at radius 1 is 0.938 bits per heavy atom. The molecule has 0 aliphatic heterocycles. The Morgan fingerprint density at radius 3 is 2.31 bits per heavy atom. The third-order valence-electron chi connectivity index (χ3n) is 4.25. The molecule has 0 unspecified atom stereocenters. The van der Waals surface area contributed by atoms with Crippen molar-refractivity contribution in [2.45, 2.75) is 4.90 Å². The minimum Gasteiger partial charge on any atom is -0.465 e. The van der Waals surface area contributed by atoms with Crippen LogP contribution >= 0.6 is 23.2 Å². The van der Waals surface area contributed by atoms with E-state index in [9.17, 15) is 22.4 Å². The van der Waals surface area contributed by atoms with Crippen LogP contribution in [-0.2, 0) is 14.8 Å². The first-order chi connectivity index (χ1) is 15.1. The molecular weight excluding hydrogens is 482 g/mol. The zero-order chi connectivity index (χ0) is 23.5. The normalized spacial score (nSPS) is 11.0. The number of anilines is 2. The summed E-state index contributed by atoms with van der Waals surface area (Å²) in [6, 6.07) is 12.9. The molecule has 1 amide bonds. The molecule has 0 aliphatic rings. The van der Waals surface area contributed by atoms with Crippen molar-refractivity contribution in [2.75, 3.05) is 17.1 Å². The summed E-state index contributed by atoms with van der Waals surface area (Å²) < 4.78 is 46.9. The van der Waals surface area contributed by atoms with Gasteiger partial charge in [-0.15, -0.1) is 0 Å². The number of carbonyl (C=O) groups is 2. The fourth-order valence-corrected chi connectivity index (χ4v) is 4.28. The second-order valence-corrected chi connectivity index (χ2v) is 8.89. The van der Waals surface area contributed by atoms with Crippen LogP contribution in [0.5, 0.6) is 0 Å². The highest BCUT2D eigenvalue weighted by Crippen LogP contribution is 2.26. The van der Waals surface area contributed by atoms with Gasteiger partial charge in [0.2, 0.25) is 0 Å². The first kappa shape index (κ1) is 23.5. The molecule has 0 fully saturated rings. The molecule has 0 radical (unpaired) electrons. The number of amides is 1. The Labute approximate surface area is 193 Å². The molecule has 166 valence electrons. The number of nitrogens with one attached hydrogen (secondary N) is 2. The molecule has 32 heavy (non-hydrogen) atoms. The van der Waals surface area contributed by atoms with Crippen molar-refractivity contribution in [3.63, 3.8) is 0 Å². The van der Waals surface area contributed by atoms with Gasteiger partial charge in [-0.3, -0.25) is 9.52 Å². The van der Waals surface area contributed by atoms with Crippen molar-refractivity contribution in [3.05, 3.63) is 87.7 Å². The van der Waals surface area contributed by atoms with E-state index in [1.165, 1.54) is 42.5 Å². The summed E-state index contributed by atoms with van der Waals surface area (Å²) in [5.41, 5.74) is -0.236. The Bertz CT molecular complexity index is 1320. The lowest BCUT2D eigenvalue weighted by Crippen LogP contribution is -2.17. The van der Waals surface area contributed by atoms with Crippen molar-refractivity contribution in [1.82, 2.24) is 0 Å². The van der Waals surface area contributed by atoms with Gasteiger partial charge in [0, 0.05) is 5.02 Å². The molecule has 3 aromatic carbocycles. The molecule has 3 rings (SSSR count). The van der Waals surface area contributed by atoms with Crippen LogP contribution in [0.25, 0.3) is 0 Å². The van der Waals surface area contributed by atoms with Gasteiger partial charge in [0.1, 0.15) is 5.82 Å². The fourth-order valence-electron chi connectivity index (χ4n) is 2.69. The standard InChI is InChI=1S/C21H15Cl2FN2O5S/c1-31-21(28)15-4-2-3-5-18(15)26-32(29,30)13-7-9-19(17(24)11-13)25-20(27)14-8-6-12(22)10-16(14)23/h2-11,26H,1H3,(H,25,27). The van der Waals surface area contributed by atoms with E-state index >= 15 is 0 Å². The van der Waals surface area contributed by atoms with Crippen LogP contribution in [-0.4, -0.2) is 27.4 Å². The first-order valence-corrected chi connectivity index (χ1v) is 11.1. The maximum absolute atomic E-state index is 14.6. The smallest absolute Gasteiger partial charge is 0.339 e. The number of sulfonamides is 1. The Hall–Kier alpha value is -3.14. The minimum atomic E-state index is -4.26. The molecule has 0 saturated carbocycles. The van der Waals surface area contributed by atoms with Gasteiger partial charge in [0.25, 0.3) is 15.9 Å². The number of hydrogen-bond donors (Lipinski definition) is 2. The van der Waals surface area contributed by atoms with E-state index < -0.39 is 32.6 Å². The number of benzene rings is 3. The van der Waals surface area contributed by atoms with Crippen molar-refractivity contribution < 1.29 is 27.1 Å². The summed E-state index contributed by atoms with van der Waals surface area (Å²) in [5.74, 6) is -2.44. The van der Waals surface area contributed by atoms with E-state index in [0.29, 0.717) is 5.02 Å². The molecule has 0 heterocycles. The summed E-state index contributed by atoms with van der Waals surface area (Å²) in [6.07, 6.45) is 0. The number of hydrogen-bond acceptors (Lipinski definition) is 5. The summed E-state index contributed by atoms with van der Waals surface area (Å²) in [7, 11) is -3.10. The summed E-state index contributed by atoms with van der Waals surface area (Å²) >= 11 is 11.8. The van der Waals surface area contributed by atoms with Gasteiger partial charge in [0.05, 0.1) is 39.5 Å². The van der Waals surface area contributed by atoms with Crippen LogP contribution in [0.2, 0.25) is 10.0 Å². The molecule has 0 aromatic heterocycles. The Morgan fingerprint density at radius 2 is 1.66 bits per heavy atom. The van der Waals surface area contributed by atoms with Gasteiger partial charge < -0.3 is 10.1 Å². The summed E-state index contributed by atoms with van der Waals surface area (Å²) in [4.78, 5) is 23.8. The van der Waals surface area contributed by atoms with Crippen LogP contribution in [0.4, 0.5) is 15.8 Å². The van der Waals surface area contributed by atoms with Gasteiger partial charge in [0.15, 0.2) is 0 Å². The fraction of sp³-hybridized carbons (Fsp3) is 0.0476. The quantitative estimate of drug-likeness (QED) is 0.469. The van der Waals surface area contributed by atoms with E-state index in [1.54, 1.807) is 0 Å². The monoisotopic (exact) mass is 496 g/mol. The lowest BCUT2D eigenvalue weighted by Gasteiger charge is -2.13. The van der Waals surface area contributed by atoms with Gasteiger partial charge >= 0.3 is 5.97 Å². The summed E-state index contributed by atoms with van der Waals surface area (Å²) in [5, 5.41) is 2.73. The zero-order valence-electron chi connectivity index (χ0n) is 16.4. The summed E-state index contributed by atoms with van der Waals surface area (Å²) in [6.45, 7) is 0. The van der Waals surface area contributed by atoms with Gasteiger partial charge in [-0.1, -0.05) is 35.3 Å². The predicted octanol–water partition coefficient (Wildman–Crippen LogP) is 4.97. The number of halogens is 3. The van der Waals surface area contributed by atoms with E-state index in [0.717, 1.165) is 25.3 Å². The Balaban J connectivity index is 1.84. The zero-order valence-corrected chi connectivity index (χ0v) is 18.7. The molecule has 0 atom stereocenters. The molecule has 0 spiro atoms. The molecule has 7 nitrogen and oxygen atoms in total. The molecular formula is C21H15Cl2FN2O5S. The second kappa shape index (κ2) is 9.56. The number of ether oxygens (including phenoxy) is 1. The van der Waals surface area contributed by atoms with E-state index in [4.69, 9.17) is 23.2 Å². The van der Waals surface area contributed by atoms with Gasteiger partial charge in [-0.25, -0.2) is 17.6 Å². The van der Waals surface area contributed by atoms with E-state index in [-0.39, 0.29) is 27.5 Å². The molecule has 0 saturated heterocycles. The molecule has 0 bridgehead atoms. The lowest BCUT2D eigenvalue weighted by molar-refractivity contribution is 0.0602. The molecule has 11 heteroatoms. The van der Waals surface area contributed by atoms with Crippen molar-refractivity contribution in [1.29, 1.82) is 0 Å². The van der Waals surface area contributed by atoms with Crippen LogP contribution in [0.1, 0.15) is 20.7 Å². The third-order valence-corrected chi connectivity index (χ3v) is 6.16. The lowest BCUT2D eigenvalue weighted by atomic mass is 10.2. The third kappa shape index (κ3) is 5.18. The van der Waals surface area contributed by atoms with Crippen LogP contribution in [0.15, 0.2) is 65.6 Å². The number of esters is 1. The first-order valence-electron chi connectivity index (χ1n) is 8.88. The van der Waals surface area contributed by atoms with Crippen LogP contribution in [0, 0.1) is 5.82 Å². The number of rotatable bonds is 6. The topological polar surface area (TPSA) is 102 Å². The Kier molecular flexibility index (Phi) is 7.02. The second-order valence-electron chi connectivity index (χ2n) is 6.36. The van der Waals surface area contributed by atoms with Crippen molar-refractivity contribution in [3.8, 4) is 0 Å².